The quantitative estimate of drug-likeness (QED) is 0.851. The van der Waals surface area contributed by atoms with Gasteiger partial charge in [0.15, 0.2) is 0 Å². The molecule has 2 atom stereocenters. The highest BCUT2D eigenvalue weighted by Crippen LogP contribution is 2.22. The van der Waals surface area contributed by atoms with Crippen LogP contribution in [0.15, 0.2) is 47.4 Å². The minimum Gasteiger partial charge on any atom is -0.373 e. The predicted octanol–water partition coefficient (Wildman–Crippen LogP) is 3.35. The van der Waals surface area contributed by atoms with Crippen LogP contribution in [0.25, 0.3) is 0 Å². The molecule has 28 heavy (non-hydrogen) atoms. The summed E-state index contributed by atoms with van der Waals surface area (Å²) in [4.78, 5) is 12.7. The van der Waals surface area contributed by atoms with Gasteiger partial charge in [0.2, 0.25) is 10.0 Å². The van der Waals surface area contributed by atoms with Gasteiger partial charge in [-0.15, -0.1) is 0 Å². The van der Waals surface area contributed by atoms with Crippen LogP contribution in [0.2, 0.25) is 0 Å². The van der Waals surface area contributed by atoms with Gasteiger partial charge in [0.25, 0.3) is 5.91 Å². The molecule has 1 aliphatic heterocycles. The van der Waals surface area contributed by atoms with Crippen LogP contribution in [-0.2, 0) is 14.8 Å². The van der Waals surface area contributed by atoms with Crippen molar-refractivity contribution in [3.8, 4) is 0 Å². The Hall–Kier alpha value is -2.22. The fourth-order valence-corrected chi connectivity index (χ4v) is 4.91. The van der Waals surface area contributed by atoms with Gasteiger partial charge in [0, 0.05) is 24.3 Å². The Morgan fingerprint density at radius 1 is 1.04 bits per heavy atom. The van der Waals surface area contributed by atoms with Crippen LogP contribution in [0.5, 0.6) is 0 Å². The molecule has 1 aliphatic rings. The van der Waals surface area contributed by atoms with Crippen molar-refractivity contribution in [2.75, 3.05) is 18.4 Å². The van der Waals surface area contributed by atoms with Crippen molar-refractivity contribution in [1.29, 1.82) is 0 Å². The van der Waals surface area contributed by atoms with Gasteiger partial charge in [-0.25, -0.2) is 8.42 Å². The Labute approximate surface area is 166 Å². The Balaban J connectivity index is 1.77. The summed E-state index contributed by atoms with van der Waals surface area (Å²) in [6.07, 6.45) is -0.303. The SMILES string of the molecule is Cc1ccc(C)c(NC(=O)c2ccc(S(=O)(=O)N3C[C@@H](C)O[C@@H](C)C3)cc2)c1. The lowest BCUT2D eigenvalue weighted by Gasteiger charge is -2.34. The lowest BCUT2D eigenvalue weighted by Crippen LogP contribution is -2.48. The number of carbonyl (C=O) groups is 1. The fraction of sp³-hybridized carbons (Fsp3) is 0.381. The summed E-state index contributed by atoms with van der Waals surface area (Å²) in [5.74, 6) is -0.272. The molecule has 0 bridgehead atoms. The number of nitrogens with zero attached hydrogens (tertiary/aromatic N) is 1. The Morgan fingerprint density at radius 3 is 2.25 bits per heavy atom. The first kappa shape index (κ1) is 20.5. The van der Waals surface area contributed by atoms with E-state index in [1.54, 1.807) is 12.1 Å². The van der Waals surface area contributed by atoms with Gasteiger partial charge in [-0.05, 0) is 69.2 Å². The van der Waals surface area contributed by atoms with Crippen LogP contribution in [0.4, 0.5) is 5.69 Å². The molecule has 3 rings (SSSR count). The first-order chi connectivity index (χ1) is 13.2. The predicted molar refractivity (Wildman–Crippen MR) is 109 cm³/mol. The zero-order valence-electron chi connectivity index (χ0n) is 16.6. The molecular formula is C21H26N2O4S. The molecule has 0 aliphatic carbocycles. The number of benzene rings is 2. The number of nitrogens with one attached hydrogen (secondary N) is 1. The van der Waals surface area contributed by atoms with Crippen molar-refractivity contribution in [2.24, 2.45) is 0 Å². The summed E-state index contributed by atoms with van der Waals surface area (Å²) >= 11 is 0. The summed E-state index contributed by atoms with van der Waals surface area (Å²) in [5, 5.41) is 2.89. The number of morpholine rings is 1. The molecule has 7 heteroatoms. The standard InChI is InChI=1S/C21H26N2O4S/c1-14-5-6-15(2)20(11-14)22-21(24)18-7-9-19(10-8-18)28(25,26)23-12-16(3)27-17(4)13-23/h5-11,16-17H,12-13H2,1-4H3,(H,22,24)/t16-,17+. The molecule has 2 aromatic rings. The molecule has 0 aromatic heterocycles. The fourth-order valence-electron chi connectivity index (χ4n) is 3.32. The maximum absolute atomic E-state index is 12.9. The van der Waals surface area contributed by atoms with Crippen LogP contribution in [0, 0.1) is 13.8 Å². The number of sulfonamides is 1. The number of ether oxygens (including phenoxy) is 1. The minimum absolute atomic E-state index is 0.152. The molecular weight excluding hydrogens is 376 g/mol. The molecule has 2 aromatic carbocycles. The summed E-state index contributed by atoms with van der Waals surface area (Å²) in [5.41, 5.74) is 3.17. The minimum atomic E-state index is -3.62. The third-order valence-electron chi connectivity index (χ3n) is 4.78. The van der Waals surface area contributed by atoms with Gasteiger partial charge in [-0.3, -0.25) is 4.79 Å². The van der Waals surface area contributed by atoms with Gasteiger partial charge in [0.1, 0.15) is 0 Å². The first-order valence-corrected chi connectivity index (χ1v) is 10.7. The molecule has 1 saturated heterocycles. The van der Waals surface area contributed by atoms with E-state index < -0.39 is 10.0 Å². The topological polar surface area (TPSA) is 75.7 Å². The van der Waals surface area contributed by atoms with E-state index >= 15 is 0 Å². The van der Waals surface area contributed by atoms with Gasteiger partial charge in [0.05, 0.1) is 17.1 Å². The number of aryl methyl sites for hydroxylation is 2. The maximum Gasteiger partial charge on any atom is 0.255 e. The van der Waals surface area contributed by atoms with Crippen molar-refractivity contribution < 1.29 is 17.9 Å². The highest BCUT2D eigenvalue weighted by Gasteiger charge is 2.32. The number of rotatable bonds is 4. The van der Waals surface area contributed by atoms with Crippen LogP contribution in [0.1, 0.15) is 35.3 Å². The number of hydrogen-bond acceptors (Lipinski definition) is 4. The Morgan fingerprint density at radius 2 is 1.64 bits per heavy atom. The number of carbonyl (C=O) groups excluding carboxylic acids is 1. The molecule has 1 N–H and O–H groups in total. The number of hydrogen-bond donors (Lipinski definition) is 1. The van der Waals surface area contributed by atoms with E-state index in [4.69, 9.17) is 4.74 Å². The molecule has 1 heterocycles. The average Bonchev–Trinajstić information content (AvgIpc) is 2.64. The van der Waals surface area contributed by atoms with Crippen LogP contribution >= 0.6 is 0 Å². The molecule has 1 amide bonds. The third kappa shape index (κ3) is 4.43. The van der Waals surface area contributed by atoms with Crippen molar-refractivity contribution in [1.82, 2.24) is 4.31 Å². The first-order valence-electron chi connectivity index (χ1n) is 9.31. The van der Waals surface area contributed by atoms with Gasteiger partial charge in [-0.1, -0.05) is 12.1 Å². The monoisotopic (exact) mass is 402 g/mol. The van der Waals surface area contributed by atoms with E-state index in [1.807, 2.05) is 45.9 Å². The highest BCUT2D eigenvalue weighted by molar-refractivity contribution is 7.89. The van der Waals surface area contributed by atoms with E-state index in [0.717, 1.165) is 16.8 Å². The second-order valence-electron chi connectivity index (χ2n) is 7.38. The van der Waals surface area contributed by atoms with Gasteiger partial charge >= 0.3 is 0 Å². The van der Waals surface area contributed by atoms with E-state index in [-0.39, 0.29) is 23.0 Å². The smallest absolute Gasteiger partial charge is 0.255 e. The third-order valence-corrected chi connectivity index (χ3v) is 6.63. The van der Waals surface area contributed by atoms with Crippen LogP contribution in [-0.4, -0.2) is 43.9 Å². The summed E-state index contributed by atoms with van der Waals surface area (Å²) in [6, 6.07) is 11.9. The molecule has 6 nitrogen and oxygen atoms in total. The second kappa shape index (κ2) is 8.03. The van der Waals surface area contributed by atoms with Crippen molar-refractivity contribution >= 4 is 21.6 Å². The lowest BCUT2D eigenvalue weighted by atomic mass is 10.1. The molecule has 150 valence electrons. The summed E-state index contributed by atoms with van der Waals surface area (Å²) < 4.78 is 32.9. The van der Waals surface area contributed by atoms with Gasteiger partial charge < -0.3 is 10.1 Å². The van der Waals surface area contributed by atoms with Crippen molar-refractivity contribution in [3.05, 3.63) is 59.2 Å². The maximum atomic E-state index is 12.9. The van der Waals surface area contributed by atoms with Crippen molar-refractivity contribution in [2.45, 2.75) is 44.8 Å². The summed E-state index contributed by atoms with van der Waals surface area (Å²) in [7, 11) is -3.62. The lowest BCUT2D eigenvalue weighted by molar-refractivity contribution is -0.0440. The Bertz CT molecular complexity index is 960. The molecule has 1 fully saturated rings. The van der Waals surface area contributed by atoms with E-state index in [9.17, 15) is 13.2 Å². The summed E-state index contributed by atoms with van der Waals surface area (Å²) in [6.45, 7) is 8.25. The molecule has 0 saturated carbocycles. The average molecular weight is 403 g/mol. The highest BCUT2D eigenvalue weighted by atomic mass is 32.2. The second-order valence-corrected chi connectivity index (χ2v) is 9.31. The van der Waals surface area contributed by atoms with E-state index in [0.29, 0.717) is 18.7 Å². The normalized spacial score (nSPS) is 20.7. The number of anilines is 1. The van der Waals surface area contributed by atoms with Crippen LogP contribution in [0.3, 0.4) is 0 Å². The van der Waals surface area contributed by atoms with Crippen molar-refractivity contribution in [3.63, 3.8) is 0 Å². The zero-order valence-corrected chi connectivity index (χ0v) is 17.4. The Kier molecular flexibility index (Phi) is 5.88. The van der Waals surface area contributed by atoms with E-state index in [1.165, 1.54) is 16.4 Å². The zero-order chi connectivity index (χ0) is 20.5. The van der Waals surface area contributed by atoms with Gasteiger partial charge in [-0.2, -0.15) is 4.31 Å². The largest absolute Gasteiger partial charge is 0.373 e. The molecule has 0 radical (unpaired) electrons. The molecule has 0 unspecified atom stereocenters. The molecule has 0 spiro atoms. The van der Waals surface area contributed by atoms with Crippen LogP contribution < -0.4 is 5.32 Å². The van der Waals surface area contributed by atoms with E-state index in [2.05, 4.69) is 5.32 Å². The number of amides is 1.